The van der Waals surface area contributed by atoms with Crippen molar-refractivity contribution in [3.63, 3.8) is 0 Å². The Morgan fingerprint density at radius 1 is 1.23 bits per heavy atom. The van der Waals surface area contributed by atoms with Crippen LogP contribution in [-0.4, -0.2) is 21.5 Å². The molecule has 1 N–H and O–H groups in total. The van der Waals surface area contributed by atoms with E-state index >= 15 is 0 Å². The summed E-state index contributed by atoms with van der Waals surface area (Å²) in [7, 11) is 0. The molecule has 1 aliphatic rings. The average molecular weight is 351 g/mol. The third kappa shape index (κ3) is 2.57. The molecule has 3 heterocycles. The Kier molecular flexibility index (Phi) is 3.84. The molecule has 3 aromatic rings. The summed E-state index contributed by atoms with van der Waals surface area (Å²) in [6.45, 7) is 1.90. The maximum Gasteiger partial charge on any atom is 0.328 e. The number of anilines is 1. The number of aromatic amines is 1. The van der Waals surface area contributed by atoms with Crippen LogP contribution in [0.25, 0.3) is 0 Å². The van der Waals surface area contributed by atoms with Crippen LogP contribution < -0.4 is 16.1 Å². The van der Waals surface area contributed by atoms with Gasteiger partial charge in [0.1, 0.15) is 11.3 Å². The van der Waals surface area contributed by atoms with Gasteiger partial charge in [-0.25, -0.2) is 4.79 Å². The maximum atomic E-state index is 13.1. The third-order valence-electron chi connectivity index (χ3n) is 4.61. The monoisotopic (exact) mass is 351 g/mol. The molecule has 132 valence electrons. The van der Waals surface area contributed by atoms with E-state index in [4.69, 9.17) is 4.42 Å². The van der Waals surface area contributed by atoms with Crippen LogP contribution in [0.4, 0.5) is 5.69 Å². The molecule has 0 radical (unpaired) electrons. The molecule has 1 aliphatic heterocycles. The molecule has 7 heteroatoms. The van der Waals surface area contributed by atoms with Gasteiger partial charge < -0.3 is 14.3 Å². The van der Waals surface area contributed by atoms with Crippen molar-refractivity contribution in [2.24, 2.45) is 0 Å². The second-order valence-electron chi connectivity index (χ2n) is 6.34. The van der Waals surface area contributed by atoms with Crippen molar-refractivity contribution in [3.8, 4) is 0 Å². The Labute approximate surface area is 148 Å². The van der Waals surface area contributed by atoms with Gasteiger partial charge in [0.25, 0.3) is 11.5 Å². The zero-order valence-corrected chi connectivity index (χ0v) is 14.1. The van der Waals surface area contributed by atoms with Gasteiger partial charge >= 0.3 is 5.69 Å². The molecule has 1 unspecified atom stereocenters. The maximum absolute atomic E-state index is 13.1. The number of carbonyl (C=O) groups excluding carboxylic acids is 1. The van der Waals surface area contributed by atoms with Crippen LogP contribution in [0.5, 0.6) is 0 Å². The van der Waals surface area contributed by atoms with Crippen LogP contribution in [0, 0.1) is 0 Å². The number of amides is 1. The van der Waals surface area contributed by atoms with Crippen molar-refractivity contribution < 1.29 is 9.21 Å². The van der Waals surface area contributed by atoms with E-state index < -0.39 is 17.2 Å². The van der Waals surface area contributed by atoms with E-state index in [2.05, 4.69) is 4.98 Å². The Hall–Kier alpha value is -3.35. The summed E-state index contributed by atoms with van der Waals surface area (Å²) in [6, 6.07) is 10.9. The van der Waals surface area contributed by atoms with Crippen molar-refractivity contribution in [1.82, 2.24) is 9.55 Å². The van der Waals surface area contributed by atoms with E-state index in [0.29, 0.717) is 5.76 Å². The molecule has 4 rings (SSSR count). The van der Waals surface area contributed by atoms with Gasteiger partial charge in [0.2, 0.25) is 0 Å². The number of fused-ring (bicyclic) bond motifs is 1. The minimum absolute atomic E-state index is 0.0333. The number of nitrogens with zero attached hydrogens (tertiary/aromatic N) is 2. The fourth-order valence-electron chi connectivity index (χ4n) is 3.37. The van der Waals surface area contributed by atoms with Crippen LogP contribution in [0.15, 0.2) is 62.9 Å². The van der Waals surface area contributed by atoms with Gasteiger partial charge in [0.15, 0.2) is 0 Å². The molecule has 2 aromatic heterocycles. The summed E-state index contributed by atoms with van der Waals surface area (Å²) in [6.07, 6.45) is 3.39. The normalized spacial score (nSPS) is 15.9. The number of aromatic nitrogens is 2. The number of nitrogens with one attached hydrogen (secondary N) is 1. The second-order valence-corrected chi connectivity index (χ2v) is 6.34. The molecule has 0 bridgehead atoms. The SMILES string of the molecule is CC1Cc2ccccc2N1C(=O)c1c[nH]c(=O)n(Cc2ccco2)c1=O. The molecule has 0 fully saturated rings. The highest BCUT2D eigenvalue weighted by atomic mass is 16.3. The summed E-state index contributed by atoms with van der Waals surface area (Å²) in [5.74, 6) is 0.0407. The lowest BCUT2D eigenvalue weighted by molar-refractivity contribution is 0.0979. The molecule has 26 heavy (non-hydrogen) atoms. The van der Waals surface area contributed by atoms with E-state index in [1.165, 1.54) is 12.5 Å². The predicted octanol–water partition coefficient (Wildman–Crippen LogP) is 1.77. The summed E-state index contributed by atoms with van der Waals surface area (Å²) in [5, 5.41) is 0. The van der Waals surface area contributed by atoms with E-state index in [9.17, 15) is 14.4 Å². The Bertz CT molecular complexity index is 1080. The lowest BCUT2D eigenvalue weighted by Gasteiger charge is -2.22. The molecule has 1 atom stereocenters. The van der Waals surface area contributed by atoms with Gasteiger partial charge in [-0.2, -0.15) is 0 Å². The Morgan fingerprint density at radius 2 is 2.04 bits per heavy atom. The topological polar surface area (TPSA) is 88.3 Å². The molecular weight excluding hydrogens is 334 g/mol. The molecule has 0 saturated heterocycles. The number of rotatable bonds is 3. The molecule has 7 nitrogen and oxygen atoms in total. The van der Waals surface area contributed by atoms with E-state index in [1.54, 1.807) is 17.0 Å². The van der Waals surface area contributed by atoms with Crippen molar-refractivity contribution in [2.45, 2.75) is 25.9 Å². The Balaban J connectivity index is 1.76. The first-order valence-corrected chi connectivity index (χ1v) is 8.32. The highest BCUT2D eigenvalue weighted by molar-refractivity contribution is 6.07. The zero-order chi connectivity index (χ0) is 18.3. The van der Waals surface area contributed by atoms with Crippen LogP contribution in [-0.2, 0) is 13.0 Å². The number of H-pyrrole nitrogens is 1. The smallest absolute Gasteiger partial charge is 0.328 e. The summed E-state index contributed by atoms with van der Waals surface area (Å²) in [5.41, 5.74) is 0.575. The number of furan rings is 1. The van der Waals surface area contributed by atoms with Crippen LogP contribution in [0.1, 0.15) is 28.6 Å². The molecule has 1 aromatic carbocycles. The quantitative estimate of drug-likeness (QED) is 0.779. The first-order valence-electron chi connectivity index (χ1n) is 8.32. The molecule has 0 spiro atoms. The van der Waals surface area contributed by atoms with Gasteiger partial charge in [-0.1, -0.05) is 18.2 Å². The first-order chi connectivity index (χ1) is 12.6. The van der Waals surface area contributed by atoms with Crippen molar-refractivity contribution >= 4 is 11.6 Å². The van der Waals surface area contributed by atoms with Crippen LogP contribution in [0.2, 0.25) is 0 Å². The lowest BCUT2D eigenvalue weighted by Crippen LogP contribution is -2.43. The van der Waals surface area contributed by atoms with Crippen LogP contribution >= 0.6 is 0 Å². The number of hydrogen-bond donors (Lipinski definition) is 1. The minimum Gasteiger partial charge on any atom is -0.467 e. The first kappa shape index (κ1) is 16.1. The average Bonchev–Trinajstić information content (AvgIpc) is 3.24. The lowest BCUT2D eigenvalue weighted by atomic mass is 10.1. The highest BCUT2D eigenvalue weighted by Gasteiger charge is 2.32. The number of benzene rings is 1. The highest BCUT2D eigenvalue weighted by Crippen LogP contribution is 2.32. The number of carbonyl (C=O) groups is 1. The van der Waals surface area contributed by atoms with E-state index in [0.717, 1.165) is 22.2 Å². The van der Waals surface area contributed by atoms with E-state index in [1.807, 2.05) is 31.2 Å². The van der Waals surface area contributed by atoms with E-state index in [-0.39, 0.29) is 18.2 Å². The predicted molar refractivity (Wildman–Crippen MR) is 95.6 cm³/mol. The summed E-state index contributed by atoms with van der Waals surface area (Å²) in [4.78, 5) is 42.0. The standard InChI is InChI=1S/C19H17N3O4/c1-12-9-13-5-2-3-7-16(13)22(12)18(24)15-10-20-19(25)21(17(15)23)11-14-6-4-8-26-14/h2-8,10,12H,9,11H2,1H3,(H,20,25). The van der Waals surface area contributed by atoms with Gasteiger partial charge in [-0.15, -0.1) is 0 Å². The van der Waals surface area contributed by atoms with Crippen molar-refractivity contribution in [1.29, 1.82) is 0 Å². The van der Waals surface area contributed by atoms with Gasteiger partial charge in [-0.05, 0) is 37.1 Å². The summed E-state index contributed by atoms with van der Waals surface area (Å²) >= 11 is 0. The van der Waals surface area contributed by atoms with Crippen molar-refractivity contribution in [2.75, 3.05) is 4.90 Å². The Morgan fingerprint density at radius 3 is 2.81 bits per heavy atom. The number of hydrogen-bond acceptors (Lipinski definition) is 4. The van der Waals surface area contributed by atoms with Crippen molar-refractivity contribution in [3.05, 3.63) is 86.6 Å². The second kappa shape index (κ2) is 6.18. The molecule has 0 saturated carbocycles. The third-order valence-corrected chi connectivity index (χ3v) is 4.61. The molecule has 0 aliphatic carbocycles. The zero-order valence-electron chi connectivity index (χ0n) is 14.1. The van der Waals surface area contributed by atoms with Gasteiger partial charge in [0, 0.05) is 17.9 Å². The van der Waals surface area contributed by atoms with Crippen LogP contribution in [0.3, 0.4) is 0 Å². The molecular formula is C19H17N3O4. The fraction of sp³-hybridized carbons (Fsp3) is 0.211. The fourth-order valence-corrected chi connectivity index (χ4v) is 3.37. The summed E-state index contributed by atoms with van der Waals surface area (Å²) < 4.78 is 6.17. The molecule has 1 amide bonds. The largest absolute Gasteiger partial charge is 0.467 e. The number of para-hydroxylation sites is 1. The van der Waals surface area contributed by atoms with Gasteiger partial charge in [-0.3, -0.25) is 14.2 Å². The van der Waals surface area contributed by atoms with Gasteiger partial charge in [0.05, 0.1) is 12.8 Å². The minimum atomic E-state index is -0.633.